The fourth-order valence-corrected chi connectivity index (χ4v) is 1.45. The smallest absolute Gasteiger partial charge is 0.383 e. The van der Waals surface area contributed by atoms with Crippen LogP contribution in [0.15, 0.2) is 18.2 Å². The lowest BCUT2D eigenvalue weighted by Gasteiger charge is -2.19. The summed E-state index contributed by atoms with van der Waals surface area (Å²) >= 11 is 0. The molecule has 0 fully saturated rings. The summed E-state index contributed by atoms with van der Waals surface area (Å²) in [5, 5.41) is 3.12. The maximum atomic E-state index is 12.5. The van der Waals surface area contributed by atoms with Gasteiger partial charge in [0, 0.05) is 33.8 Å². The minimum Gasteiger partial charge on any atom is -0.383 e. The summed E-state index contributed by atoms with van der Waals surface area (Å²) in [7, 11) is 3.32. The highest BCUT2D eigenvalue weighted by molar-refractivity contribution is 5.38. The molecule has 1 N–H and O–H groups in total. The van der Waals surface area contributed by atoms with Crippen molar-refractivity contribution in [3.63, 3.8) is 0 Å². The summed E-state index contributed by atoms with van der Waals surface area (Å²) < 4.78 is 42.4. The maximum absolute atomic E-state index is 12.5. The first-order chi connectivity index (χ1) is 8.95. The van der Waals surface area contributed by atoms with Crippen LogP contribution < -0.4 is 10.2 Å². The molecule has 1 aromatic heterocycles. The second-order valence-electron chi connectivity index (χ2n) is 4.04. The van der Waals surface area contributed by atoms with Gasteiger partial charge in [0.2, 0.25) is 0 Å². The Kier molecular flexibility index (Phi) is 6.04. The molecule has 0 aromatic carbocycles. The van der Waals surface area contributed by atoms with Crippen molar-refractivity contribution in [2.24, 2.45) is 0 Å². The third-order valence-corrected chi connectivity index (χ3v) is 2.52. The highest BCUT2D eigenvalue weighted by atomic mass is 19.4. The number of anilines is 1. The number of rotatable bonds is 7. The Morgan fingerprint density at radius 3 is 2.68 bits per heavy atom. The fourth-order valence-electron chi connectivity index (χ4n) is 1.45. The Morgan fingerprint density at radius 1 is 1.32 bits per heavy atom. The SMILES string of the molecule is COCCNCCN(C)c1cccc(C(F)(F)F)n1. The summed E-state index contributed by atoms with van der Waals surface area (Å²) in [6.07, 6.45) is -4.41. The molecule has 0 aliphatic rings. The monoisotopic (exact) mass is 277 g/mol. The van der Waals surface area contributed by atoms with Gasteiger partial charge in [-0.1, -0.05) is 6.07 Å². The number of likely N-dealkylation sites (N-methyl/N-ethyl adjacent to an activating group) is 1. The van der Waals surface area contributed by atoms with Crippen molar-refractivity contribution >= 4 is 5.82 Å². The molecule has 0 saturated carbocycles. The number of nitrogens with one attached hydrogen (secondary N) is 1. The lowest BCUT2D eigenvalue weighted by Crippen LogP contribution is -2.31. The maximum Gasteiger partial charge on any atom is 0.433 e. The average molecular weight is 277 g/mol. The zero-order valence-electron chi connectivity index (χ0n) is 11.0. The van der Waals surface area contributed by atoms with Crippen LogP contribution in [0.2, 0.25) is 0 Å². The number of alkyl halides is 3. The summed E-state index contributed by atoms with van der Waals surface area (Å²) in [4.78, 5) is 5.28. The minimum atomic E-state index is -4.41. The van der Waals surface area contributed by atoms with Crippen molar-refractivity contribution in [3.05, 3.63) is 23.9 Å². The summed E-state index contributed by atoms with van der Waals surface area (Å²) in [5.74, 6) is 0.309. The van der Waals surface area contributed by atoms with E-state index in [1.54, 1.807) is 25.1 Å². The van der Waals surface area contributed by atoms with E-state index in [1.165, 1.54) is 6.07 Å². The molecule has 0 atom stereocenters. The molecule has 0 aliphatic carbocycles. The van der Waals surface area contributed by atoms with Crippen LogP contribution in [0.1, 0.15) is 5.69 Å². The van der Waals surface area contributed by atoms with Crippen molar-refractivity contribution in [2.75, 3.05) is 45.3 Å². The van der Waals surface area contributed by atoms with Gasteiger partial charge in [0.1, 0.15) is 11.5 Å². The average Bonchev–Trinajstić information content (AvgIpc) is 2.37. The molecule has 7 heteroatoms. The van der Waals surface area contributed by atoms with E-state index in [4.69, 9.17) is 4.74 Å². The lowest BCUT2D eigenvalue weighted by molar-refractivity contribution is -0.141. The first-order valence-corrected chi connectivity index (χ1v) is 5.90. The zero-order chi connectivity index (χ0) is 14.3. The Hall–Kier alpha value is -1.34. The molecular formula is C12H18F3N3O. The van der Waals surface area contributed by atoms with E-state index in [0.717, 1.165) is 6.07 Å². The molecule has 19 heavy (non-hydrogen) atoms. The molecule has 0 bridgehead atoms. The van der Waals surface area contributed by atoms with Crippen molar-refractivity contribution in [1.82, 2.24) is 10.3 Å². The number of hydrogen-bond donors (Lipinski definition) is 1. The van der Waals surface area contributed by atoms with Gasteiger partial charge in [0.15, 0.2) is 0 Å². The van der Waals surface area contributed by atoms with E-state index in [0.29, 0.717) is 32.1 Å². The van der Waals surface area contributed by atoms with E-state index in [1.807, 2.05) is 0 Å². The Labute approximate surface area is 110 Å². The third kappa shape index (κ3) is 5.44. The Balaban J connectivity index is 2.50. The predicted octanol–water partition coefficient (Wildman–Crippen LogP) is 1.77. The van der Waals surface area contributed by atoms with Crippen molar-refractivity contribution in [3.8, 4) is 0 Å². The van der Waals surface area contributed by atoms with Gasteiger partial charge in [-0.25, -0.2) is 4.98 Å². The quantitative estimate of drug-likeness (QED) is 0.771. The van der Waals surface area contributed by atoms with E-state index in [-0.39, 0.29) is 0 Å². The van der Waals surface area contributed by atoms with Crippen LogP contribution in [0.5, 0.6) is 0 Å². The number of pyridine rings is 1. The normalized spacial score (nSPS) is 11.6. The standard InChI is InChI=1S/C12H18F3N3O/c1-18(8-6-16-7-9-19-2)11-5-3-4-10(17-11)12(13,14)15/h3-5,16H,6-9H2,1-2H3. The predicted molar refractivity (Wildman–Crippen MR) is 67.3 cm³/mol. The molecular weight excluding hydrogens is 259 g/mol. The highest BCUT2D eigenvalue weighted by Gasteiger charge is 2.32. The lowest BCUT2D eigenvalue weighted by atomic mass is 10.3. The van der Waals surface area contributed by atoms with Gasteiger partial charge in [-0.15, -0.1) is 0 Å². The molecule has 1 rings (SSSR count). The van der Waals surface area contributed by atoms with Gasteiger partial charge in [0.25, 0.3) is 0 Å². The first-order valence-electron chi connectivity index (χ1n) is 5.90. The number of aromatic nitrogens is 1. The molecule has 0 unspecified atom stereocenters. The van der Waals surface area contributed by atoms with E-state index < -0.39 is 11.9 Å². The third-order valence-electron chi connectivity index (χ3n) is 2.52. The molecule has 0 aliphatic heterocycles. The Morgan fingerprint density at radius 2 is 2.05 bits per heavy atom. The van der Waals surface area contributed by atoms with Crippen LogP contribution in [0.25, 0.3) is 0 Å². The zero-order valence-corrected chi connectivity index (χ0v) is 11.0. The van der Waals surface area contributed by atoms with E-state index in [9.17, 15) is 13.2 Å². The van der Waals surface area contributed by atoms with Crippen LogP contribution in [-0.2, 0) is 10.9 Å². The van der Waals surface area contributed by atoms with Crippen molar-refractivity contribution < 1.29 is 17.9 Å². The van der Waals surface area contributed by atoms with E-state index >= 15 is 0 Å². The second-order valence-corrected chi connectivity index (χ2v) is 4.04. The highest BCUT2D eigenvalue weighted by Crippen LogP contribution is 2.28. The largest absolute Gasteiger partial charge is 0.433 e. The summed E-state index contributed by atoms with van der Waals surface area (Å²) in [6.45, 7) is 2.53. The molecule has 0 spiro atoms. The van der Waals surface area contributed by atoms with Crippen LogP contribution >= 0.6 is 0 Å². The first kappa shape index (κ1) is 15.7. The Bertz CT molecular complexity index is 385. The number of nitrogens with zero attached hydrogens (tertiary/aromatic N) is 2. The molecule has 0 radical (unpaired) electrons. The number of ether oxygens (including phenoxy) is 1. The van der Waals surface area contributed by atoms with Gasteiger partial charge < -0.3 is 15.0 Å². The van der Waals surface area contributed by atoms with Gasteiger partial charge in [0.05, 0.1) is 6.61 Å². The number of hydrogen-bond acceptors (Lipinski definition) is 4. The molecule has 4 nitrogen and oxygen atoms in total. The molecule has 1 heterocycles. The fraction of sp³-hybridized carbons (Fsp3) is 0.583. The van der Waals surface area contributed by atoms with Crippen LogP contribution in [0.3, 0.4) is 0 Å². The van der Waals surface area contributed by atoms with Crippen molar-refractivity contribution in [2.45, 2.75) is 6.18 Å². The van der Waals surface area contributed by atoms with Crippen LogP contribution in [0, 0.1) is 0 Å². The van der Waals surface area contributed by atoms with E-state index in [2.05, 4.69) is 10.3 Å². The van der Waals surface area contributed by atoms with Crippen LogP contribution in [-0.4, -0.2) is 45.4 Å². The number of halogens is 3. The topological polar surface area (TPSA) is 37.4 Å². The molecule has 0 amide bonds. The van der Waals surface area contributed by atoms with Gasteiger partial charge in [-0.2, -0.15) is 13.2 Å². The van der Waals surface area contributed by atoms with Crippen LogP contribution in [0.4, 0.5) is 19.0 Å². The molecule has 0 saturated heterocycles. The van der Waals surface area contributed by atoms with Gasteiger partial charge in [-0.05, 0) is 12.1 Å². The minimum absolute atomic E-state index is 0.309. The van der Waals surface area contributed by atoms with Crippen molar-refractivity contribution in [1.29, 1.82) is 0 Å². The molecule has 108 valence electrons. The molecule has 1 aromatic rings. The second kappa shape index (κ2) is 7.30. The number of methoxy groups -OCH3 is 1. The summed E-state index contributed by atoms with van der Waals surface area (Å²) in [5.41, 5.74) is -0.871. The van der Waals surface area contributed by atoms with Gasteiger partial charge in [-0.3, -0.25) is 0 Å². The summed E-state index contributed by atoms with van der Waals surface area (Å²) in [6, 6.07) is 3.89. The van der Waals surface area contributed by atoms with Gasteiger partial charge >= 0.3 is 6.18 Å².